The fourth-order valence-corrected chi connectivity index (χ4v) is 1.11. The van der Waals surface area contributed by atoms with Crippen LogP contribution in [0.25, 0.3) is 0 Å². The van der Waals surface area contributed by atoms with Crippen LogP contribution in [0.2, 0.25) is 0 Å². The molecule has 0 aromatic carbocycles. The Hall–Kier alpha value is -1.40. The maximum atomic E-state index is 11.6. The van der Waals surface area contributed by atoms with E-state index in [4.69, 9.17) is 9.84 Å². The smallest absolute Gasteiger partial charge is 0.333 e. The Balaban J connectivity index is 3.87. The summed E-state index contributed by atoms with van der Waals surface area (Å²) in [4.78, 5) is 22.6. The van der Waals surface area contributed by atoms with Crippen LogP contribution in [0.3, 0.4) is 0 Å². The molecule has 0 saturated heterocycles. The van der Waals surface area contributed by atoms with Gasteiger partial charge in [0.05, 0.1) is 13.2 Å². The molecule has 0 spiro atoms. The molecule has 1 atom stereocenters. The maximum absolute atomic E-state index is 11.6. The molecule has 0 aromatic rings. The van der Waals surface area contributed by atoms with E-state index in [-0.39, 0.29) is 19.8 Å². The molecule has 6 heteroatoms. The van der Waals surface area contributed by atoms with Crippen molar-refractivity contribution in [2.75, 3.05) is 19.8 Å². The predicted molar refractivity (Wildman–Crippen MR) is 70.3 cm³/mol. The number of ether oxygens (including phenoxy) is 1. The summed E-state index contributed by atoms with van der Waals surface area (Å²) in [6.07, 6.45) is -0.840. The Kier molecular flexibility index (Phi) is 7.33. The quantitative estimate of drug-likeness (QED) is 0.328. The van der Waals surface area contributed by atoms with Crippen molar-refractivity contribution in [3.63, 3.8) is 0 Å². The van der Waals surface area contributed by atoms with Crippen molar-refractivity contribution in [1.82, 2.24) is 5.32 Å². The van der Waals surface area contributed by atoms with Crippen LogP contribution in [-0.2, 0) is 14.3 Å². The summed E-state index contributed by atoms with van der Waals surface area (Å²) in [6.45, 7) is 8.33. The van der Waals surface area contributed by atoms with Gasteiger partial charge >= 0.3 is 5.97 Å². The van der Waals surface area contributed by atoms with Crippen molar-refractivity contribution >= 4 is 11.9 Å². The summed E-state index contributed by atoms with van der Waals surface area (Å²) < 4.78 is 4.84. The standard InChI is InChI=1S/C13H23NO5/c1-9(2)12(18)19-7-5-6-14-11(17)10(16)13(3,4)8-15/h10,15-16H,1,5-8H2,2-4H3,(H,14,17). The van der Waals surface area contributed by atoms with Gasteiger partial charge < -0.3 is 20.3 Å². The lowest BCUT2D eigenvalue weighted by Gasteiger charge is -2.27. The van der Waals surface area contributed by atoms with Crippen molar-refractivity contribution in [2.45, 2.75) is 33.3 Å². The molecule has 0 heterocycles. The molecule has 0 aliphatic rings. The minimum Gasteiger partial charge on any atom is -0.462 e. The molecule has 1 amide bonds. The highest BCUT2D eigenvalue weighted by molar-refractivity contribution is 5.86. The molecular weight excluding hydrogens is 250 g/mol. The lowest BCUT2D eigenvalue weighted by Crippen LogP contribution is -2.45. The topological polar surface area (TPSA) is 95.9 Å². The van der Waals surface area contributed by atoms with E-state index >= 15 is 0 Å². The molecule has 19 heavy (non-hydrogen) atoms. The highest BCUT2D eigenvalue weighted by atomic mass is 16.5. The number of aliphatic hydroxyl groups excluding tert-OH is 2. The predicted octanol–water partition coefficient (Wildman–Crippen LogP) is -0.00860. The number of carbonyl (C=O) groups excluding carboxylic acids is 2. The number of hydrogen-bond acceptors (Lipinski definition) is 5. The van der Waals surface area contributed by atoms with Gasteiger partial charge in [-0.15, -0.1) is 0 Å². The number of rotatable bonds is 8. The van der Waals surface area contributed by atoms with Crippen LogP contribution < -0.4 is 5.32 Å². The van der Waals surface area contributed by atoms with Gasteiger partial charge in [0.2, 0.25) is 5.91 Å². The first-order valence-electron chi connectivity index (χ1n) is 6.11. The monoisotopic (exact) mass is 273 g/mol. The number of amides is 1. The van der Waals surface area contributed by atoms with E-state index in [0.29, 0.717) is 12.0 Å². The van der Waals surface area contributed by atoms with Crippen molar-refractivity contribution < 1.29 is 24.5 Å². The molecule has 0 aliphatic carbocycles. The van der Waals surface area contributed by atoms with Crippen molar-refractivity contribution in [2.24, 2.45) is 5.41 Å². The number of esters is 1. The molecule has 0 aromatic heterocycles. The average Bonchev–Trinajstić information content (AvgIpc) is 2.36. The molecule has 110 valence electrons. The largest absolute Gasteiger partial charge is 0.462 e. The van der Waals surface area contributed by atoms with E-state index in [9.17, 15) is 14.7 Å². The lowest BCUT2D eigenvalue weighted by molar-refractivity contribution is -0.139. The van der Waals surface area contributed by atoms with Gasteiger partial charge in [-0.05, 0) is 13.3 Å². The van der Waals surface area contributed by atoms with Crippen molar-refractivity contribution in [3.8, 4) is 0 Å². The molecule has 0 rings (SSSR count). The van der Waals surface area contributed by atoms with Gasteiger partial charge in [-0.25, -0.2) is 4.79 Å². The van der Waals surface area contributed by atoms with Gasteiger partial charge in [-0.2, -0.15) is 0 Å². The average molecular weight is 273 g/mol. The van der Waals surface area contributed by atoms with Crippen LogP contribution in [-0.4, -0.2) is 48.0 Å². The van der Waals surface area contributed by atoms with E-state index < -0.39 is 23.4 Å². The summed E-state index contributed by atoms with van der Waals surface area (Å²) in [7, 11) is 0. The third-order valence-electron chi connectivity index (χ3n) is 2.60. The Morgan fingerprint density at radius 2 is 2.00 bits per heavy atom. The van der Waals surface area contributed by atoms with Gasteiger partial charge in [0.1, 0.15) is 6.10 Å². The zero-order chi connectivity index (χ0) is 15.1. The number of nitrogens with one attached hydrogen (secondary N) is 1. The third kappa shape index (κ3) is 6.35. The molecule has 0 fully saturated rings. The summed E-state index contributed by atoms with van der Waals surface area (Å²) >= 11 is 0. The van der Waals surface area contributed by atoms with Gasteiger partial charge in [-0.3, -0.25) is 4.79 Å². The fraction of sp³-hybridized carbons (Fsp3) is 0.692. The van der Waals surface area contributed by atoms with E-state index in [1.54, 1.807) is 20.8 Å². The number of carbonyl (C=O) groups is 2. The third-order valence-corrected chi connectivity index (χ3v) is 2.60. The van der Waals surface area contributed by atoms with Crippen LogP contribution in [0.15, 0.2) is 12.2 Å². The highest BCUT2D eigenvalue weighted by Gasteiger charge is 2.32. The summed E-state index contributed by atoms with van der Waals surface area (Å²) in [5.74, 6) is -1.02. The number of hydrogen-bond donors (Lipinski definition) is 3. The van der Waals surface area contributed by atoms with Crippen molar-refractivity contribution in [1.29, 1.82) is 0 Å². The van der Waals surface area contributed by atoms with Gasteiger partial charge in [0, 0.05) is 17.5 Å². The first-order valence-corrected chi connectivity index (χ1v) is 6.11. The Morgan fingerprint density at radius 3 is 2.47 bits per heavy atom. The minimum absolute atomic E-state index is 0.172. The molecule has 1 unspecified atom stereocenters. The fourth-order valence-electron chi connectivity index (χ4n) is 1.11. The Bertz CT molecular complexity index is 338. The first-order chi connectivity index (χ1) is 8.72. The first kappa shape index (κ1) is 17.6. The van der Waals surface area contributed by atoms with Crippen LogP contribution in [0.1, 0.15) is 27.2 Å². The SMILES string of the molecule is C=C(C)C(=O)OCCCNC(=O)C(O)C(C)(C)CO. The van der Waals surface area contributed by atoms with E-state index in [0.717, 1.165) is 0 Å². The van der Waals surface area contributed by atoms with Crippen LogP contribution >= 0.6 is 0 Å². The molecule has 0 bridgehead atoms. The van der Waals surface area contributed by atoms with Crippen molar-refractivity contribution in [3.05, 3.63) is 12.2 Å². The van der Waals surface area contributed by atoms with E-state index in [1.807, 2.05) is 0 Å². The molecule has 0 radical (unpaired) electrons. The Labute approximate surface area is 113 Å². The van der Waals surface area contributed by atoms with Crippen LogP contribution in [0, 0.1) is 5.41 Å². The van der Waals surface area contributed by atoms with Gasteiger partial charge in [0.15, 0.2) is 0 Å². The molecule has 3 N–H and O–H groups in total. The summed E-state index contributed by atoms with van der Waals surface area (Å²) in [5, 5.41) is 21.2. The normalized spacial score (nSPS) is 12.7. The number of aliphatic hydroxyl groups is 2. The lowest BCUT2D eigenvalue weighted by atomic mass is 9.87. The zero-order valence-electron chi connectivity index (χ0n) is 11.7. The molecule has 0 saturated carbocycles. The second-order valence-electron chi connectivity index (χ2n) is 5.11. The summed E-state index contributed by atoms with van der Waals surface area (Å²) in [6, 6.07) is 0. The summed E-state index contributed by atoms with van der Waals surface area (Å²) in [5.41, 5.74) is -0.569. The maximum Gasteiger partial charge on any atom is 0.333 e. The molecule has 6 nitrogen and oxygen atoms in total. The molecule has 0 aliphatic heterocycles. The second-order valence-corrected chi connectivity index (χ2v) is 5.11. The minimum atomic E-state index is -1.28. The zero-order valence-corrected chi connectivity index (χ0v) is 11.7. The van der Waals surface area contributed by atoms with Gasteiger partial charge in [0.25, 0.3) is 0 Å². The second kappa shape index (κ2) is 7.91. The van der Waals surface area contributed by atoms with Crippen LogP contribution in [0.4, 0.5) is 0 Å². The molecular formula is C13H23NO5. The Morgan fingerprint density at radius 1 is 1.42 bits per heavy atom. The highest BCUT2D eigenvalue weighted by Crippen LogP contribution is 2.19. The van der Waals surface area contributed by atoms with E-state index in [2.05, 4.69) is 11.9 Å². The van der Waals surface area contributed by atoms with Gasteiger partial charge in [-0.1, -0.05) is 20.4 Å². The van der Waals surface area contributed by atoms with E-state index in [1.165, 1.54) is 0 Å². The van der Waals surface area contributed by atoms with Crippen LogP contribution in [0.5, 0.6) is 0 Å².